The van der Waals surface area contributed by atoms with Crippen LogP contribution in [0.3, 0.4) is 0 Å². The van der Waals surface area contributed by atoms with Gasteiger partial charge in [0.05, 0.1) is 16.6 Å². The van der Waals surface area contributed by atoms with Crippen molar-refractivity contribution in [1.29, 1.82) is 0 Å². The van der Waals surface area contributed by atoms with Crippen molar-refractivity contribution in [2.24, 2.45) is 0 Å². The molecule has 2 aromatic rings. The minimum Gasteiger partial charge on any atom is -0.466 e. The fourth-order valence-electron chi connectivity index (χ4n) is 2.24. The molecule has 0 spiro atoms. The molecule has 114 valence electrons. The fourth-order valence-corrected chi connectivity index (χ4v) is 2.47. The summed E-state index contributed by atoms with van der Waals surface area (Å²) in [7, 11) is 0. The van der Waals surface area contributed by atoms with E-state index in [4.69, 9.17) is 16.0 Å². The highest BCUT2D eigenvalue weighted by atomic mass is 35.5. The average Bonchev–Trinajstić information content (AvgIpc) is 2.69. The second kappa shape index (κ2) is 5.64. The molecule has 0 aliphatic rings. The third-order valence-corrected chi connectivity index (χ3v) is 3.53. The largest absolute Gasteiger partial charge is 0.466 e. The SMILES string of the molecule is Cc1cc(C(C)Nc2ccc(Cl)c(C(F)(F)F)c2)c(C)o1. The van der Waals surface area contributed by atoms with Crippen molar-refractivity contribution in [3.63, 3.8) is 0 Å². The number of furan rings is 1. The molecule has 0 radical (unpaired) electrons. The Morgan fingerprint density at radius 1 is 1.19 bits per heavy atom. The number of nitrogens with one attached hydrogen (secondary N) is 1. The van der Waals surface area contributed by atoms with Crippen LogP contribution in [0.2, 0.25) is 5.02 Å². The molecule has 0 saturated heterocycles. The normalized spacial score (nSPS) is 13.3. The maximum absolute atomic E-state index is 12.8. The van der Waals surface area contributed by atoms with Crippen molar-refractivity contribution < 1.29 is 17.6 Å². The summed E-state index contributed by atoms with van der Waals surface area (Å²) < 4.78 is 43.9. The highest BCUT2D eigenvalue weighted by Gasteiger charge is 2.33. The lowest BCUT2D eigenvalue weighted by atomic mass is 10.1. The van der Waals surface area contributed by atoms with Gasteiger partial charge in [-0.15, -0.1) is 0 Å². The van der Waals surface area contributed by atoms with Gasteiger partial charge in [0, 0.05) is 11.3 Å². The molecule has 1 unspecified atom stereocenters. The van der Waals surface area contributed by atoms with Crippen molar-refractivity contribution in [2.75, 3.05) is 5.32 Å². The van der Waals surface area contributed by atoms with Crippen LogP contribution in [0.1, 0.15) is 35.6 Å². The Hall–Kier alpha value is -1.62. The fraction of sp³-hybridized carbons (Fsp3) is 0.333. The van der Waals surface area contributed by atoms with Crippen LogP contribution >= 0.6 is 11.6 Å². The molecule has 0 amide bonds. The van der Waals surface area contributed by atoms with Crippen molar-refractivity contribution >= 4 is 17.3 Å². The number of halogens is 4. The van der Waals surface area contributed by atoms with Crippen LogP contribution in [0.5, 0.6) is 0 Å². The van der Waals surface area contributed by atoms with Gasteiger partial charge in [0.2, 0.25) is 0 Å². The second-order valence-corrected chi connectivity index (χ2v) is 5.33. The van der Waals surface area contributed by atoms with Crippen molar-refractivity contribution in [1.82, 2.24) is 0 Å². The number of hydrogen-bond acceptors (Lipinski definition) is 2. The molecule has 1 heterocycles. The number of benzene rings is 1. The van der Waals surface area contributed by atoms with Crippen molar-refractivity contribution in [3.8, 4) is 0 Å². The summed E-state index contributed by atoms with van der Waals surface area (Å²) in [5.41, 5.74) is 0.426. The standard InChI is InChI=1S/C15H15ClF3NO/c1-8-6-12(10(3)21-8)9(2)20-11-4-5-14(16)13(7-11)15(17,18)19/h4-7,9,20H,1-3H3. The van der Waals surface area contributed by atoms with Gasteiger partial charge < -0.3 is 9.73 Å². The van der Waals surface area contributed by atoms with Gasteiger partial charge >= 0.3 is 6.18 Å². The molecular formula is C15H15ClF3NO. The monoisotopic (exact) mass is 317 g/mol. The zero-order chi connectivity index (χ0) is 15.8. The van der Waals surface area contributed by atoms with Crippen LogP contribution in [0.15, 0.2) is 28.7 Å². The molecule has 1 N–H and O–H groups in total. The molecular weight excluding hydrogens is 303 g/mol. The number of rotatable bonds is 3. The molecule has 2 rings (SSSR count). The van der Waals surface area contributed by atoms with E-state index in [2.05, 4.69) is 5.32 Å². The maximum atomic E-state index is 12.8. The smallest absolute Gasteiger partial charge is 0.417 e. The molecule has 21 heavy (non-hydrogen) atoms. The van der Waals surface area contributed by atoms with Gasteiger partial charge in [-0.2, -0.15) is 13.2 Å². The first-order valence-corrected chi connectivity index (χ1v) is 6.76. The Balaban J connectivity index is 2.26. The first-order valence-electron chi connectivity index (χ1n) is 6.38. The Kier molecular flexibility index (Phi) is 4.23. The van der Waals surface area contributed by atoms with E-state index in [0.29, 0.717) is 5.69 Å². The van der Waals surface area contributed by atoms with Crippen LogP contribution in [0.4, 0.5) is 18.9 Å². The van der Waals surface area contributed by atoms with Crippen LogP contribution in [-0.2, 0) is 6.18 Å². The lowest BCUT2D eigenvalue weighted by molar-refractivity contribution is -0.137. The Morgan fingerprint density at radius 2 is 1.86 bits per heavy atom. The molecule has 0 saturated carbocycles. The van der Waals surface area contributed by atoms with Crippen molar-refractivity contribution in [2.45, 2.75) is 33.0 Å². The topological polar surface area (TPSA) is 25.2 Å². The summed E-state index contributed by atoms with van der Waals surface area (Å²) in [5.74, 6) is 1.51. The number of alkyl halides is 3. The van der Waals surface area contributed by atoms with Gasteiger partial charge in [-0.05, 0) is 45.0 Å². The van der Waals surface area contributed by atoms with Gasteiger partial charge in [0.1, 0.15) is 11.5 Å². The summed E-state index contributed by atoms with van der Waals surface area (Å²) in [4.78, 5) is 0. The zero-order valence-electron chi connectivity index (χ0n) is 11.8. The van der Waals surface area contributed by atoms with Crippen molar-refractivity contribution in [3.05, 3.63) is 51.9 Å². The summed E-state index contributed by atoms with van der Waals surface area (Å²) in [6.07, 6.45) is -4.47. The Labute approximate surface area is 125 Å². The van der Waals surface area contributed by atoms with Crippen LogP contribution in [-0.4, -0.2) is 0 Å². The molecule has 0 bridgehead atoms. The molecule has 0 aliphatic heterocycles. The van der Waals surface area contributed by atoms with E-state index in [-0.39, 0.29) is 11.1 Å². The van der Waals surface area contributed by atoms with E-state index in [1.807, 2.05) is 26.8 Å². The molecule has 0 aliphatic carbocycles. The predicted octanol–water partition coefficient (Wildman–Crippen LogP) is 5.74. The first-order chi connectivity index (χ1) is 9.68. The quantitative estimate of drug-likeness (QED) is 0.780. The number of hydrogen-bond donors (Lipinski definition) is 1. The number of aryl methyl sites for hydroxylation is 2. The van der Waals surface area contributed by atoms with E-state index < -0.39 is 11.7 Å². The van der Waals surface area contributed by atoms with E-state index in [9.17, 15) is 13.2 Å². The summed E-state index contributed by atoms with van der Waals surface area (Å²) in [6.45, 7) is 5.51. The van der Waals surface area contributed by atoms with E-state index in [1.165, 1.54) is 12.1 Å². The summed E-state index contributed by atoms with van der Waals surface area (Å²) >= 11 is 5.60. The van der Waals surface area contributed by atoms with E-state index >= 15 is 0 Å². The minimum atomic E-state index is -4.47. The van der Waals surface area contributed by atoms with Gasteiger partial charge in [-0.3, -0.25) is 0 Å². The van der Waals surface area contributed by atoms with Gasteiger partial charge in [-0.25, -0.2) is 0 Å². The number of anilines is 1. The van der Waals surface area contributed by atoms with E-state index in [0.717, 1.165) is 23.2 Å². The molecule has 6 heteroatoms. The summed E-state index contributed by atoms with van der Waals surface area (Å²) in [6, 6.07) is 5.47. The lowest BCUT2D eigenvalue weighted by Gasteiger charge is -2.17. The molecule has 1 aromatic heterocycles. The van der Waals surface area contributed by atoms with Gasteiger partial charge in [0.25, 0.3) is 0 Å². The van der Waals surface area contributed by atoms with Crippen LogP contribution in [0, 0.1) is 13.8 Å². The Morgan fingerprint density at radius 3 is 2.38 bits per heavy atom. The summed E-state index contributed by atoms with van der Waals surface area (Å²) in [5, 5.41) is 2.72. The van der Waals surface area contributed by atoms with Gasteiger partial charge in [0.15, 0.2) is 0 Å². The lowest BCUT2D eigenvalue weighted by Crippen LogP contribution is -2.10. The zero-order valence-corrected chi connectivity index (χ0v) is 12.6. The molecule has 2 nitrogen and oxygen atoms in total. The highest BCUT2D eigenvalue weighted by Crippen LogP contribution is 2.37. The molecule has 0 fully saturated rings. The first kappa shape index (κ1) is 15.8. The van der Waals surface area contributed by atoms with Gasteiger partial charge in [-0.1, -0.05) is 11.6 Å². The van der Waals surface area contributed by atoms with E-state index in [1.54, 1.807) is 0 Å². The maximum Gasteiger partial charge on any atom is 0.417 e. The Bertz CT molecular complexity index is 649. The average molecular weight is 318 g/mol. The third-order valence-electron chi connectivity index (χ3n) is 3.20. The minimum absolute atomic E-state index is 0.176. The second-order valence-electron chi connectivity index (χ2n) is 4.93. The third kappa shape index (κ3) is 3.53. The molecule has 1 atom stereocenters. The van der Waals surface area contributed by atoms with Crippen LogP contribution < -0.4 is 5.32 Å². The van der Waals surface area contributed by atoms with Crippen LogP contribution in [0.25, 0.3) is 0 Å². The molecule has 1 aromatic carbocycles. The predicted molar refractivity (Wildman–Crippen MR) is 76.7 cm³/mol. The highest BCUT2D eigenvalue weighted by molar-refractivity contribution is 6.31.